The summed E-state index contributed by atoms with van der Waals surface area (Å²) >= 11 is 6.04. The standard InChI is InChI=1S/C24H20ClF4N3O5/c1-13(2)30-36-12-19(14-7-5-4-6-8-14)37-22(34)15-9-18(17(26)10-16(15)25)32-21(33)11-20(24(27,28)29)31(3)23(32)35/h4-11,19H,12H2,1-3H3. The van der Waals surface area contributed by atoms with Crippen molar-refractivity contribution in [2.45, 2.75) is 26.1 Å². The first kappa shape index (κ1) is 27.7. The molecule has 0 radical (unpaired) electrons. The van der Waals surface area contributed by atoms with Crippen LogP contribution in [-0.4, -0.2) is 27.4 Å². The van der Waals surface area contributed by atoms with E-state index in [4.69, 9.17) is 21.2 Å². The second kappa shape index (κ2) is 11.0. The average molecular weight is 542 g/mol. The summed E-state index contributed by atoms with van der Waals surface area (Å²) in [5.74, 6) is -2.30. The maximum Gasteiger partial charge on any atom is 0.431 e. The molecule has 37 heavy (non-hydrogen) atoms. The number of hydrogen-bond donors (Lipinski definition) is 0. The molecule has 3 rings (SSSR count). The zero-order chi connectivity index (χ0) is 27.5. The summed E-state index contributed by atoms with van der Waals surface area (Å²) in [6.07, 6.45) is -5.99. The molecule has 0 saturated carbocycles. The Hall–Kier alpha value is -3.93. The molecule has 196 valence electrons. The Labute approximate surface area is 212 Å². The molecule has 1 unspecified atom stereocenters. The molecule has 0 aliphatic heterocycles. The van der Waals surface area contributed by atoms with Crippen LogP contribution in [0.3, 0.4) is 0 Å². The van der Waals surface area contributed by atoms with Crippen molar-refractivity contribution >= 4 is 23.3 Å². The number of carbonyl (C=O) groups excluding carboxylic acids is 1. The van der Waals surface area contributed by atoms with Gasteiger partial charge in [0.1, 0.15) is 11.5 Å². The Morgan fingerprint density at radius 1 is 1.11 bits per heavy atom. The molecule has 0 saturated heterocycles. The molecule has 0 aliphatic carbocycles. The van der Waals surface area contributed by atoms with Gasteiger partial charge in [0.05, 0.1) is 22.0 Å². The van der Waals surface area contributed by atoms with Crippen LogP contribution in [0.4, 0.5) is 17.6 Å². The zero-order valence-electron chi connectivity index (χ0n) is 19.7. The predicted molar refractivity (Wildman–Crippen MR) is 127 cm³/mol. The van der Waals surface area contributed by atoms with E-state index in [1.807, 2.05) is 0 Å². The van der Waals surface area contributed by atoms with Crippen molar-refractivity contribution in [1.29, 1.82) is 0 Å². The summed E-state index contributed by atoms with van der Waals surface area (Å²) in [6.45, 7) is 3.19. The van der Waals surface area contributed by atoms with Crippen molar-refractivity contribution in [2.24, 2.45) is 12.2 Å². The molecule has 3 aromatic rings. The number of oxime groups is 1. The highest BCUT2D eigenvalue weighted by molar-refractivity contribution is 6.33. The molecule has 0 N–H and O–H groups in total. The van der Waals surface area contributed by atoms with Gasteiger partial charge in [-0.3, -0.25) is 9.36 Å². The van der Waals surface area contributed by atoms with Crippen LogP contribution in [0.1, 0.15) is 41.6 Å². The van der Waals surface area contributed by atoms with Gasteiger partial charge in [0.15, 0.2) is 12.7 Å². The molecule has 13 heteroatoms. The third kappa shape index (κ3) is 6.26. The lowest BCUT2D eigenvalue weighted by molar-refractivity contribution is -0.144. The fraction of sp³-hybridized carbons (Fsp3) is 0.250. The van der Waals surface area contributed by atoms with Crippen LogP contribution in [0.15, 0.2) is 63.3 Å². The van der Waals surface area contributed by atoms with E-state index in [0.717, 1.165) is 13.1 Å². The Morgan fingerprint density at radius 3 is 2.35 bits per heavy atom. The summed E-state index contributed by atoms with van der Waals surface area (Å²) < 4.78 is 60.1. The van der Waals surface area contributed by atoms with Crippen LogP contribution in [-0.2, 0) is 22.8 Å². The first-order valence-corrected chi connectivity index (χ1v) is 11.0. The normalized spacial score (nSPS) is 12.1. The summed E-state index contributed by atoms with van der Waals surface area (Å²) in [5.41, 5.74) is -4.55. The van der Waals surface area contributed by atoms with Crippen molar-refractivity contribution < 1.29 is 31.9 Å². The number of hydrogen-bond acceptors (Lipinski definition) is 6. The maximum absolute atomic E-state index is 14.8. The maximum atomic E-state index is 14.8. The predicted octanol–water partition coefficient (Wildman–Crippen LogP) is 4.66. The van der Waals surface area contributed by atoms with Gasteiger partial charge in [-0.2, -0.15) is 13.2 Å². The molecule has 0 spiro atoms. The molecule has 0 amide bonds. The molecule has 0 fully saturated rings. The Bertz CT molecular complexity index is 1460. The number of esters is 1. The van der Waals surface area contributed by atoms with Crippen LogP contribution >= 0.6 is 11.6 Å². The van der Waals surface area contributed by atoms with E-state index in [1.165, 1.54) is 0 Å². The number of aromatic nitrogens is 2. The molecule has 1 atom stereocenters. The summed E-state index contributed by atoms with van der Waals surface area (Å²) in [4.78, 5) is 43.2. The first-order chi connectivity index (χ1) is 17.3. The van der Waals surface area contributed by atoms with E-state index in [1.54, 1.807) is 44.2 Å². The highest BCUT2D eigenvalue weighted by Gasteiger charge is 2.35. The van der Waals surface area contributed by atoms with E-state index in [0.29, 0.717) is 17.3 Å². The van der Waals surface area contributed by atoms with Gasteiger partial charge in [0.25, 0.3) is 5.56 Å². The SMILES string of the molecule is CC(C)=NOCC(OC(=O)c1cc(-n2c(=O)cc(C(F)(F)F)n(C)c2=O)c(F)cc1Cl)c1ccccc1. The average Bonchev–Trinajstić information content (AvgIpc) is 2.81. The molecule has 1 aromatic heterocycles. The number of halogens is 5. The van der Waals surface area contributed by atoms with Crippen LogP contribution < -0.4 is 11.2 Å². The van der Waals surface area contributed by atoms with Crippen molar-refractivity contribution in [2.75, 3.05) is 6.61 Å². The molecule has 1 heterocycles. The quantitative estimate of drug-likeness (QED) is 0.188. The molecular weight excluding hydrogens is 522 g/mol. The van der Waals surface area contributed by atoms with Crippen LogP contribution in [0.25, 0.3) is 5.69 Å². The number of ether oxygens (including phenoxy) is 1. The lowest BCUT2D eigenvalue weighted by Crippen LogP contribution is -2.41. The first-order valence-electron chi connectivity index (χ1n) is 10.6. The van der Waals surface area contributed by atoms with E-state index < -0.39 is 57.3 Å². The van der Waals surface area contributed by atoms with Crippen LogP contribution in [0, 0.1) is 5.82 Å². The number of carbonyl (C=O) groups is 1. The lowest BCUT2D eigenvalue weighted by atomic mass is 10.1. The third-order valence-corrected chi connectivity index (χ3v) is 5.31. The van der Waals surface area contributed by atoms with E-state index in [-0.39, 0.29) is 21.8 Å². The van der Waals surface area contributed by atoms with Crippen molar-refractivity contribution in [3.8, 4) is 5.69 Å². The van der Waals surface area contributed by atoms with Gasteiger partial charge in [0.2, 0.25) is 0 Å². The van der Waals surface area contributed by atoms with E-state index >= 15 is 0 Å². The van der Waals surface area contributed by atoms with Crippen LogP contribution in [0.5, 0.6) is 0 Å². The molecule has 0 aliphatic rings. The van der Waals surface area contributed by atoms with Crippen LogP contribution in [0.2, 0.25) is 5.02 Å². The highest BCUT2D eigenvalue weighted by Crippen LogP contribution is 2.28. The Kier molecular flexibility index (Phi) is 8.22. The fourth-order valence-electron chi connectivity index (χ4n) is 3.28. The topological polar surface area (TPSA) is 91.9 Å². The molecule has 8 nitrogen and oxygen atoms in total. The van der Waals surface area contributed by atoms with Gasteiger partial charge in [-0.1, -0.05) is 47.1 Å². The number of alkyl halides is 3. The molecule has 0 bridgehead atoms. The zero-order valence-corrected chi connectivity index (χ0v) is 20.4. The highest BCUT2D eigenvalue weighted by atomic mass is 35.5. The van der Waals surface area contributed by atoms with Gasteiger partial charge in [-0.05, 0) is 31.5 Å². The molecule has 2 aromatic carbocycles. The minimum absolute atomic E-state index is 0.145. The molecular formula is C24H20ClF4N3O5. The summed E-state index contributed by atoms with van der Waals surface area (Å²) in [7, 11) is 0.773. The summed E-state index contributed by atoms with van der Waals surface area (Å²) in [6, 6.07) is 10.00. The van der Waals surface area contributed by atoms with Gasteiger partial charge in [0, 0.05) is 13.1 Å². The number of benzene rings is 2. The Balaban J connectivity index is 2.05. The number of rotatable bonds is 7. The van der Waals surface area contributed by atoms with Gasteiger partial charge >= 0.3 is 17.8 Å². The fourth-order valence-corrected chi connectivity index (χ4v) is 3.50. The van der Waals surface area contributed by atoms with Crippen molar-refractivity contribution in [3.63, 3.8) is 0 Å². The lowest BCUT2D eigenvalue weighted by Gasteiger charge is -2.18. The minimum atomic E-state index is -5.01. The van der Waals surface area contributed by atoms with Gasteiger partial charge < -0.3 is 9.57 Å². The van der Waals surface area contributed by atoms with E-state index in [2.05, 4.69) is 5.16 Å². The second-order valence-electron chi connectivity index (χ2n) is 7.96. The largest absolute Gasteiger partial charge is 0.450 e. The minimum Gasteiger partial charge on any atom is -0.450 e. The second-order valence-corrected chi connectivity index (χ2v) is 8.37. The van der Waals surface area contributed by atoms with Gasteiger partial charge in [-0.25, -0.2) is 18.5 Å². The smallest absolute Gasteiger partial charge is 0.431 e. The third-order valence-electron chi connectivity index (χ3n) is 5.00. The monoisotopic (exact) mass is 541 g/mol. The van der Waals surface area contributed by atoms with Gasteiger partial charge in [-0.15, -0.1) is 0 Å². The van der Waals surface area contributed by atoms with E-state index in [9.17, 15) is 31.9 Å². The number of nitrogens with zero attached hydrogens (tertiary/aromatic N) is 3. The Morgan fingerprint density at radius 2 is 1.76 bits per heavy atom. The van der Waals surface area contributed by atoms with Crippen molar-refractivity contribution in [1.82, 2.24) is 9.13 Å². The van der Waals surface area contributed by atoms with Crippen molar-refractivity contribution in [3.05, 3.63) is 97.0 Å². The summed E-state index contributed by atoms with van der Waals surface area (Å²) in [5, 5.41) is 3.38.